The lowest BCUT2D eigenvalue weighted by atomic mass is 10.0. The molecule has 68 valence electrons. The average Bonchev–Trinajstić information content (AvgIpc) is 2.17. The van der Waals surface area contributed by atoms with Gasteiger partial charge in [-0.3, -0.25) is 9.59 Å². The summed E-state index contributed by atoms with van der Waals surface area (Å²) in [5, 5.41) is 0. The summed E-state index contributed by atoms with van der Waals surface area (Å²) in [5.41, 5.74) is 2.12. The van der Waals surface area contributed by atoms with Gasteiger partial charge in [-0.1, -0.05) is 19.1 Å². The van der Waals surface area contributed by atoms with Crippen molar-refractivity contribution in [1.82, 2.24) is 0 Å². The Hall–Kier alpha value is -1.44. The Morgan fingerprint density at radius 3 is 2.69 bits per heavy atom. The quantitative estimate of drug-likeness (QED) is 0.523. The standard InChI is InChI=1S/C11H12O2/c1-3-11(13)9-5-4-8(2)10(6-9)7-12/h4-7H,3H2,1-2H3. The Bertz CT molecular complexity index is 340. The van der Waals surface area contributed by atoms with Crippen LogP contribution in [0.2, 0.25) is 0 Å². The molecule has 0 aliphatic rings. The van der Waals surface area contributed by atoms with Gasteiger partial charge in [0.15, 0.2) is 5.78 Å². The first-order chi connectivity index (χ1) is 6.19. The highest BCUT2D eigenvalue weighted by Gasteiger charge is 2.04. The van der Waals surface area contributed by atoms with Gasteiger partial charge in [-0.2, -0.15) is 0 Å². The third-order valence-electron chi connectivity index (χ3n) is 2.05. The summed E-state index contributed by atoms with van der Waals surface area (Å²) in [7, 11) is 0. The molecule has 0 fully saturated rings. The van der Waals surface area contributed by atoms with Crippen molar-refractivity contribution in [2.75, 3.05) is 0 Å². The van der Waals surface area contributed by atoms with Crippen molar-refractivity contribution >= 4 is 12.1 Å². The van der Waals surface area contributed by atoms with Crippen molar-refractivity contribution < 1.29 is 9.59 Å². The third kappa shape index (κ3) is 2.02. The van der Waals surface area contributed by atoms with E-state index in [4.69, 9.17) is 0 Å². The highest BCUT2D eigenvalue weighted by atomic mass is 16.1. The van der Waals surface area contributed by atoms with E-state index in [-0.39, 0.29) is 5.78 Å². The smallest absolute Gasteiger partial charge is 0.162 e. The second-order valence-electron chi connectivity index (χ2n) is 2.97. The minimum Gasteiger partial charge on any atom is -0.298 e. The fourth-order valence-corrected chi connectivity index (χ4v) is 1.15. The van der Waals surface area contributed by atoms with Crippen LogP contribution in [0.4, 0.5) is 0 Å². The largest absolute Gasteiger partial charge is 0.298 e. The van der Waals surface area contributed by atoms with Crippen LogP contribution in [-0.4, -0.2) is 12.1 Å². The van der Waals surface area contributed by atoms with Crippen LogP contribution in [0.25, 0.3) is 0 Å². The van der Waals surface area contributed by atoms with E-state index >= 15 is 0 Å². The molecule has 0 bridgehead atoms. The van der Waals surface area contributed by atoms with Gasteiger partial charge in [0.25, 0.3) is 0 Å². The maximum atomic E-state index is 11.3. The van der Waals surface area contributed by atoms with E-state index < -0.39 is 0 Å². The van der Waals surface area contributed by atoms with Crippen molar-refractivity contribution in [1.29, 1.82) is 0 Å². The predicted molar refractivity (Wildman–Crippen MR) is 51.2 cm³/mol. The minimum atomic E-state index is 0.0723. The number of rotatable bonds is 3. The zero-order valence-corrected chi connectivity index (χ0v) is 7.83. The molecule has 1 aromatic carbocycles. The molecule has 0 aliphatic heterocycles. The Labute approximate surface area is 77.6 Å². The van der Waals surface area contributed by atoms with E-state index in [9.17, 15) is 9.59 Å². The van der Waals surface area contributed by atoms with E-state index in [0.717, 1.165) is 11.8 Å². The summed E-state index contributed by atoms with van der Waals surface area (Å²) in [6, 6.07) is 5.20. The molecule has 0 amide bonds. The molecule has 1 rings (SSSR count). The first kappa shape index (κ1) is 9.65. The zero-order valence-electron chi connectivity index (χ0n) is 7.83. The highest BCUT2D eigenvalue weighted by Crippen LogP contribution is 2.10. The Morgan fingerprint density at radius 2 is 2.15 bits per heavy atom. The third-order valence-corrected chi connectivity index (χ3v) is 2.05. The monoisotopic (exact) mass is 176 g/mol. The molecule has 2 nitrogen and oxygen atoms in total. The summed E-state index contributed by atoms with van der Waals surface area (Å²) in [6.45, 7) is 3.66. The normalized spacial score (nSPS) is 9.69. The van der Waals surface area contributed by atoms with Crippen LogP contribution in [0, 0.1) is 6.92 Å². The summed E-state index contributed by atoms with van der Waals surface area (Å²) in [6.07, 6.45) is 1.25. The number of aldehydes is 1. The maximum Gasteiger partial charge on any atom is 0.162 e. The van der Waals surface area contributed by atoms with Crippen molar-refractivity contribution in [3.8, 4) is 0 Å². The molecule has 0 saturated carbocycles. The Balaban J connectivity index is 3.13. The van der Waals surface area contributed by atoms with Gasteiger partial charge in [-0.15, -0.1) is 0 Å². The van der Waals surface area contributed by atoms with E-state index in [1.807, 2.05) is 13.8 Å². The molecule has 0 saturated heterocycles. The molecular formula is C11H12O2. The molecule has 0 N–H and O–H groups in total. The molecular weight excluding hydrogens is 164 g/mol. The Morgan fingerprint density at radius 1 is 1.46 bits per heavy atom. The van der Waals surface area contributed by atoms with E-state index in [2.05, 4.69) is 0 Å². The summed E-state index contributed by atoms with van der Waals surface area (Å²) >= 11 is 0. The van der Waals surface area contributed by atoms with Gasteiger partial charge in [0.2, 0.25) is 0 Å². The number of Topliss-reactive ketones (excluding diaryl/α,β-unsaturated/α-hetero) is 1. The van der Waals surface area contributed by atoms with Gasteiger partial charge in [0, 0.05) is 17.5 Å². The molecule has 2 heteroatoms. The first-order valence-electron chi connectivity index (χ1n) is 4.28. The fraction of sp³-hybridized carbons (Fsp3) is 0.273. The van der Waals surface area contributed by atoms with E-state index in [1.54, 1.807) is 18.2 Å². The average molecular weight is 176 g/mol. The van der Waals surface area contributed by atoms with Crippen LogP contribution in [0.5, 0.6) is 0 Å². The van der Waals surface area contributed by atoms with Gasteiger partial charge in [0.1, 0.15) is 6.29 Å². The predicted octanol–water partition coefficient (Wildman–Crippen LogP) is 2.40. The summed E-state index contributed by atoms with van der Waals surface area (Å²) < 4.78 is 0. The molecule has 0 aromatic heterocycles. The number of carbonyl (C=O) groups excluding carboxylic acids is 2. The van der Waals surface area contributed by atoms with Gasteiger partial charge in [-0.05, 0) is 18.6 Å². The minimum absolute atomic E-state index is 0.0723. The highest BCUT2D eigenvalue weighted by molar-refractivity contribution is 5.97. The lowest BCUT2D eigenvalue weighted by molar-refractivity contribution is 0.0988. The molecule has 0 unspecified atom stereocenters. The maximum absolute atomic E-state index is 11.3. The van der Waals surface area contributed by atoms with Gasteiger partial charge in [-0.25, -0.2) is 0 Å². The first-order valence-corrected chi connectivity index (χ1v) is 4.28. The molecule has 1 aromatic rings. The number of carbonyl (C=O) groups is 2. The fourth-order valence-electron chi connectivity index (χ4n) is 1.15. The van der Waals surface area contributed by atoms with Crippen molar-refractivity contribution in [2.45, 2.75) is 20.3 Å². The molecule has 0 heterocycles. The number of hydrogen-bond acceptors (Lipinski definition) is 2. The lowest BCUT2D eigenvalue weighted by Crippen LogP contribution is -1.98. The van der Waals surface area contributed by atoms with Gasteiger partial charge in [0.05, 0.1) is 0 Å². The molecule has 0 radical (unpaired) electrons. The topological polar surface area (TPSA) is 34.1 Å². The number of aryl methyl sites for hydroxylation is 1. The van der Waals surface area contributed by atoms with Crippen molar-refractivity contribution in [3.05, 3.63) is 34.9 Å². The number of hydrogen-bond donors (Lipinski definition) is 0. The van der Waals surface area contributed by atoms with E-state index in [1.165, 1.54) is 0 Å². The lowest BCUT2D eigenvalue weighted by Gasteiger charge is -2.01. The van der Waals surface area contributed by atoms with Crippen LogP contribution in [0.3, 0.4) is 0 Å². The Kier molecular flexibility index (Phi) is 2.96. The molecule has 0 spiro atoms. The second-order valence-corrected chi connectivity index (χ2v) is 2.97. The van der Waals surface area contributed by atoms with Crippen LogP contribution < -0.4 is 0 Å². The number of benzene rings is 1. The van der Waals surface area contributed by atoms with Crippen LogP contribution >= 0.6 is 0 Å². The number of ketones is 1. The van der Waals surface area contributed by atoms with Crippen molar-refractivity contribution in [3.63, 3.8) is 0 Å². The second kappa shape index (κ2) is 3.99. The van der Waals surface area contributed by atoms with Crippen molar-refractivity contribution in [2.24, 2.45) is 0 Å². The van der Waals surface area contributed by atoms with Gasteiger partial charge >= 0.3 is 0 Å². The summed E-state index contributed by atoms with van der Waals surface area (Å²) in [5.74, 6) is 0.0723. The molecule has 0 aliphatic carbocycles. The van der Waals surface area contributed by atoms with Crippen LogP contribution in [0.15, 0.2) is 18.2 Å². The molecule has 13 heavy (non-hydrogen) atoms. The summed E-state index contributed by atoms with van der Waals surface area (Å²) in [4.78, 5) is 21.9. The SMILES string of the molecule is CCC(=O)c1ccc(C)c(C=O)c1. The van der Waals surface area contributed by atoms with Crippen LogP contribution in [0.1, 0.15) is 39.6 Å². The van der Waals surface area contributed by atoms with Gasteiger partial charge < -0.3 is 0 Å². The van der Waals surface area contributed by atoms with Crippen LogP contribution in [-0.2, 0) is 0 Å². The molecule has 0 atom stereocenters. The van der Waals surface area contributed by atoms with E-state index in [0.29, 0.717) is 17.5 Å². The zero-order chi connectivity index (χ0) is 9.84.